The smallest absolute Gasteiger partial charge is 0.469 e. The Kier molecular flexibility index (Phi) is 8.86. The predicted octanol–water partition coefficient (Wildman–Crippen LogP) is 6.94. The number of allylic oxidation sites excluding steroid dienone is 2. The van der Waals surface area contributed by atoms with Gasteiger partial charge in [-0.25, -0.2) is 4.79 Å². The van der Waals surface area contributed by atoms with Crippen molar-refractivity contribution in [3.05, 3.63) is 23.8 Å². The van der Waals surface area contributed by atoms with Crippen LogP contribution in [0, 0.1) is 22.7 Å². The lowest BCUT2D eigenvalue weighted by Crippen LogP contribution is -2.57. The van der Waals surface area contributed by atoms with E-state index in [0.717, 1.165) is 44.1 Å². The molecule has 2 saturated carbocycles. The lowest BCUT2D eigenvalue weighted by Gasteiger charge is -2.60. The summed E-state index contributed by atoms with van der Waals surface area (Å²) in [6, 6.07) is 0. The summed E-state index contributed by atoms with van der Waals surface area (Å²) in [7, 11) is 1.38. The van der Waals surface area contributed by atoms with Gasteiger partial charge in [0.15, 0.2) is 0 Å². The maximum absolute atomic E-state index is 13.0. The molecule has 188 valence electrons. The molecule has 0 aliphatic heterocycles. The minimum atomic E-state index is -4.99. The number of hydrogen-bond donors (Lipinski definition) is 0. The molecule has 0 saturated heterocycles. The third kappa shape index (κ3) is 6.63. The molecule has 2 fully saturated rings. The van der Waals surface area contributed by atoms with Gasteiger partial charge in [0.2, 0.25) is 0 Å². The first-order valence-electron chi connectivity index (χ1n) is 11.9. The summed E-state index contributed by atoms with van der Waals surface area (Å²) in [6.45, 7) is 12.6. The number of carbonyl (C=O) groups is 2. The Morgan fingerprint density at radius 1 is 1.18 bits per heavy atom. The molecule has 0 aromatic rings. The number of alkyl halides is 3. The first-order valence-corrected chi connectivity index (χ1v) is 11.9. The molecule has 2 aliphatic carbocycles. The molecule has 7 heteroatoms. The van der Waals surface area contributed by atoms with Crippen LogP contribution in [0.4, 0.5) is 13.2 Å². The summed E-state index contributed by atoms with van der Waals surface area (Å²) in [5.74, 6) is -2.31. The average molecular weight is 473 g/mol. The van der Waals surface area contributed by atoms with E-state index in [1.165, 1.54) is 12.7 Å². The van der Waals surface area contributed by atoms with Crippen molar-refractivity contribution in [3.63, 3.8) is 0 Å². The zero-order valence-corrected chi connectivity index (χ0v) is 20.6. The van der Waals surface area contributed by atoms with Gasteiger partial charge in [-0.3, -0.25) is 4.79 Å². The monoisotopic (exact) mass is 472 g/mol. The van der Waals surface area contributed by atoms with Gasteiger partial charge in [0.25, 0.3) is 0 Å². The highest BCUT2D eigenvalue weighted by molar-refractivity contribution is 5.75. The van der Waals surface area contributed by atoms with E-state index in [1.54, 1.807) is 0 Å². The van der Waals surface area contributed by atoms with Crippen LogP contribution in [0.15, 0.2) is 23.8 Å². The number of hydrogen-bond acceptors (Lipinski definition) is 4. The van der Waals surface area contributed by atoms with E-state index in [4.69, 9.17) is 4.74 Å². The highest BCUT2D eigenvalue weighted by Gasteiger charge is 2.58. The van der Waals surface area contributed by atoms with E-state index >= 15 is 0 Å². The van der Waals surface area contributed by atoms with Crippen LogP contribution in [0.5, 0.6) is 0 Å². The minimum Gasteiger partial charge on any atom is -0.469 e. The highest BCUT2D eigenvalue weighted by Crippen LogP contribution is 2.62. The normalized spacial score (nSPS) is 29.9. The lowest BCUT2D eigenvalue weighted by molar-refractivity contribution is -0.218. The zero-order valence-electron chi connectivity index (χ0n) is 20.6. The fraction of sp³-hybridized carbons (Fsp3) is 0.769. The van der Waals surface area contributed by atoms with Crippen LogP contribution in [0.25, 0.3) is 0 Å². The van der Waals surface area contributed by atoms with Gasteiger partial charge < -0.3 is 9.47 Å². The molecular formula is C26H39F3O4. The highest BCUT2D eigenvalue weighted by atomic mass is 19.4. The number of fused-ring (bicyclic) bond motifs is 1. The van der Waals surface area contributed by atoms with Gasteiger partial charge in [0, 0.05) is 18.8 Å². The molecule has 0 N–H and O–H groups in total. The van der Waals surface area contributed by atoms with Crippen LogP contribution in [0.2, 0.25) is 0 Å². The van der Waals surface area contributed by atoms with E-state index < -0.39 is 18.2 Å². The largest absolute Gasteiger partial charge is 0.490 e. The average Bonchev–Trinajstić information content (AvgIpc) is 2.68. The first kappa shape index (κ1) is 27.5. The molecule has 4 atom stereocenters. The molecule has 0 amide bonds. The Bertz CT molecular complexity index is 768. The Morgan fingerprint density at radius 2 is 1.85 bits per heavy atom. The van der Waals surface area contributed by atoms with Crippen LogP contribution in [0.1, 0.15) is 85.5 Å². The number of methoxy groups -OCH3 is 1. The summed E-state index contributed by atoms with van der Waals surface area (Å²) >= 11 is 0. The van der Waals surface area contributed by atoms with Crippen molar-refractivity contribution in [1.82, 2.24) is 0 Å². The Labute approximate surface area is 196 Å². The van der Waals surface area contributed by atoms with E-state index in [2.05, 4.69) is 38.2 Å². The second-order valence-electron chi connectivity index (χ2n) is 10.7. The van der Waals surface area contributed by atoms with Crippen LogP contribution >= 0.6 is 0 Å². The van der Waals surface area contributed by atoms with Gasteiger partial charge in [-0.15, -0.1) is 0 Å². The quantitative estimate of drug-likeness (QED) is 0.284. The Balaban J connectivity index is 2.13. The summed E-state index contributed by atoms with van der Waals surface area (Å²) < 4.78 is 48.6. The maximum Gasteiger partial charge on any atom is 0.490 e. The second-order valence-corrected chi connectivity index (χ2v) is 10.7. The van der Waals surface area contributed by atoms with Crippen molar-refractivity contribution in [3.8, 4) is 0 Å². The molecule has 0 radical (unpaired) electrons. The van der Waals surface area contributed by atoms with Gasteiger partial charge >= 0.3 is 18.1 Å². The molecule has 2 aliphatic rings. The number of carbonyl (C=O) groups excluding carboxylic acids is 2. The summed E-state index contributed by atoms with van der Waals surface area (Å²) in [6.07, 6.45) is 3.05. The maximum atomic E-state index is 13.0. The molecule has 0 spiro atoms. The SMILES string of the molecule is C=C1C[C@H](OC(=O)C(F)(F)F)[C@H]2C(C)(C)CCC[C@]2(C)[C@H]1CCC/C(C)=C/CCC(=O)OC. The van der Waals surface area contributed by atoms with Crippen molar-refractivity contribution in [2.45, 2.75) is 97.8 Å². The van der Waals surface area contributed by atoms with E-state index in [0.29, 0.717) is 12.8 Å². The molecule has 0 aromatic carbocycles. The summed E-state index contributed by atoms with van der Waals surface area (Å²) in [4.78, 5) is 23.0. The molecule has 0 heterocycles. The summed E-state index contributed by atoms with van der Waals surface area (Å²) in [5.41, 5.74) is 1.60. The minimum absolute atomic E-state index is 0.155. The standard InChI is InChI=1S/C26H39F3O4/c1-17(11-8-13-21(30)32-6)10-7-12-19-18(2)16-20(33-23(31)26(27,28)29)22-24(3,4)14-9-15-25(19,22)5/h11,19-20,22H,2,7-10,12-16H2,1,3-6H3/b17-11+/t19-,20-,22-,25+/m0/s1. The molecule has 0 aromatic heterocycles. The van der Waals surface area contributed by atoms with Crippen LogP contribution < -0.4 is 0 Å². The molecule has 0 unspecified atom stereocenters. The third-order valence-corrected chi connectivity index (χ3v) is 7.84. The van der Waals surface area contributed by atoms with Crippen LogP contribution in [-0.2, 0) is 19.1 Å². The first-order chi connectivity index (χ1) is 15.2. The second kappa shape index (κ2) is 10.6. The van der Waals surface area contributed by atoms with Gasteiger partial charge in [-0.1, -0.05) is 51.0 Å². The molecule has 33 heavy (non-hydrogen) atoms. The molecular weight excluding hydrogens is 433 g/mol. The third-order valence-electron chi connectivity index (χ3n) is 7.84. The van der Waals surface area contributed by atoms with Crippen molar-refractivity contribution < 1.29 is 32.2 Å². The van der Waals surface area contributed by atoms with Gasteiger partial charge in [-0.2, -0.15) is 13.2 Å². The zero-order chi connectivity index (χ0) is 25.0. The molecule has 4 nitrogen and oxygen atoms in total. The van der Waals surface area contributed by atoms with Crippen molar-refractivity contribution in [2.75, 3.05) is 7.11 Å². The molecule has 0 bridgehead atoms. The Hall–Kier alpha value is -1.79. The van der Waals surface area contributed by atoms with Gasteiger partial charge in [0.1, 0.15) is 6.10 Å². The van der Waals surface area contributed by atoms with E-state index in [-0.39, 0.29) is 35.1 Å². The van der Waals surface area contributed by atoms with E-state index in [1.807, 2.05) is 6.92 Å². The van der Waals surface area contributed by atoms with Crippen molar-refractivity contribution >= 4 is 11.9 Å². The fourth-order valence-corrected chi connectivity index (χ4v) is 6.51. The topological polar surface area (TPSA) is 52.6 Å². The molecule has 2 rings (SSSR count). The van der Waals surface area contributed by atoms with Crippen molar-refractivity contribution in [2.24, 2.45) is 22.7 Å². The fourth-order valence-electron chi connectivity index (χ4n) is 6.51. The summed E-state index contributed by atoms with van der Waals surface area (Å²) in [5, 5.41) is 0. The van der Waals surface area contributed by atoms with Gasteiger partial charge in [-0.05, 0) is 62.2 Å². The number of rotatable bonds is 8. The van der Waals surface area contributed by atoms with Crippen LogP contribution in [-0.4, -0.2) is 31.3 Å². The van der Waals surface area contributed by atoms with Crippen LogP contribution in [0.3, 0.4) is 0 Å². The van der Waals surface area contributed by atoms with Crippen molar-refractivity contribution in [1.29, 1.82) is 0 Å². The van der Waals surface area contributed by atoms with Gasteiger partial charge in [0.05, 0.1) is 7.11 Å². The lowest BCUT2D eigenvalue weighted by atomic mass is 9.46. The number of ether oxygens (including phenoxy) is 2. The number of esters is 2. The Morgan fingerprint density at radius 3 is 2.45 bits per heavy atom. The predicted molar refractivity (Wildman–Crippen MR) is 121 cm³/mol. The van der Waals surface area contributed by atoms with E-state index in [9.17, 15) is 22.8 Å². The number of halogens is 3.